The SMILES string of the molecule is CCN1CCOC(CS(=O)c2cc(N)ccc2C)C1. The van der Waals surface area contributed by atoms with E-state index in [0.717, 1.165) is 36.7 Å². The molecule has 0 saturated carbocycles. The Morgan fingerprint density at radius 3 is 3.05 bits per heavy atom. The topological polar surface area (TPSA) is 55.6 Å². The van der Waals surface area contributed by atoms with Crippen LogP contribution in [-0.4, -0.2) is 47.2 Å². The van der Waals surface area contributed by atoms with Crippen LogP contribution in [0, 0.1) is 6.92 Å². The van der Waals surface area contributed by atoms with Gasteiger partial charge in [0.05, 0.1) is 29.3 Å². The van der Waals surface area contributed by atoms with E-state index in [0.29, 0.717) is 11.4 Å². The highest BCUT2D eigenvalue weighted by Gasteiger charge is 2.22. The zero-order valence-corrected chi connectivity index (χ0v) is 12.4. The lowest BCUT2D eigenvalue weighted by molar-refractivity contribution is -0.0141. The van der Waals surface area contributed by atoms with Crippen molar-refractivity contribution in [3.05, 3.63) is 23.8 Å². The van der Waals surface area contributed by atoms with E-state index in [-0.39, 0.29) is 6.10 Å². The zero-order chi connectivity index (χ0) is 13.8. The molecule has 0 spiro atoms. The molecule has 1 fully saturated rings. The number of morpholine rings is 1. The normalized spacial score (nSPS) is 22.3. The molecule has 1 aromatic rings. The van der Waals surface area contributed by atoms with Crippen molar-refractivity contribution in [3.8, 4) is 0 Å². The number of benzene rings is 1. The summed E-state index contributed by atoms with van der Waals surface area (Å²) in [5.74, 6) is 0.542. The maximum Gasteiger partial charge on any atom is 0.0821 e. The van der Waals surface area contributed by atoms with E-state index in [1.807, 2.05) is 25.1 Å². The average molecular weight is 282 g/mol. The minimum Gasteiger partial charge on any atom is -0.399 e. The minimum atomic E-state index is -1.05. The number of hydrogen-bond acceptors (Lipinski definition) is 4. The van der Waals surface area contributed by atoms with Crippen LogP contribution in [-0.2, 0) is 15.5 Å². The Hall–Kier alpha value is -0.910. The number of nitrogen functional groups attached to an aromatic ring is 1. The van der Waals surface area contributed by atoms with Crippen LogP contribution >= 0.6 is 0 Å². The molecular weight excluding hydrogens is 260 g/mol. The fourth-order valence-corrected chi connectivity index (χ4v) is 3.70. The lowest BCUT2D eigenvalue weighted by atomic mass is 10.2. The van der Waals surface area contributed by atoms with Gasteiger partial charge in [0.1, 0.15) is 0 Å². The maximum atomic E-state index is 12.4. The van der Waals surface area contributed by atoms with Gasteiger partial charge in [0, 0.05) is 23.7 Å². The van der Waals surface area contributed by atoms with Crippen molar-refractivity contribution < 1.29 is 8.95 Å². The molecule has 2 N–H and O–H groups in total. The van der Waals surface area contributed by atoms with Crippen LogP contribution in [0.1, 0.15) is 12.5 Å². The summed E-state index contributed by atoms with van der Waals surface area (Å²) in [5, 5.41) is 0. The standard InChI is InChI=1S/C14H22N2O2S/c1-3-16-6-7-18-13(9-16)10-19(17)14-8-12(15)5-4-11(14)2/h4-5,8,13H,3,6-7,9-10,15H2,1-2H3. The molecular formula is C14H22N2O2S. The average Bonchev–Trinajstić information content (AvgIpc) is 2.41. The summed E-state index contributed by atoms with van der Waals surface area (Å²) in [6, 6.07) is 5.57. The van der Waals surface area contributed by atoms with E-state index >= 15 is 0 Å². The van der Waals surface area contributed by atoms with Gasteiger partial charge in [0.2, 0.25) is 0 Å². The smallest absolute Gasteiger partial charge is 0.0821 e. The second kappa shape index (κ2) is 6.50. The van der Waals surface area contributed by atoms with E-state index in [2.05, 4.69) is 11.8 Å². The van der Waals surface area contributed by atoms with E-state index in [1.54, 1.807) is 0 Å². The fourth-order valence-electron chi connectivity index (χ4n) is 2.29. The van der Waals surface area contributed by atoms with E-state index < -0.39 is 10.8 Å². The lowest BCUT2D eigenvalue weighted by Gasteiger charge is -2.31. The molecule has 2 rings (SSSR count). The van der Waals surface area contributed by atoms with Crippen LogP contribution in [0.25, 0.3) is 0 Å². The molecule has 2 atom stereocenters. The van der Waals surface area contributed by atoms with Crippen LogP contribution < -0.4 is 5.73 Å². The molecule has 5 heteroatoms. The van der Waals surface area contributed by atoms with Crippen LogP contribution in [0.4, 0.5) is 5.69 Å². The van der Waals surface area contributed by atoms with Crippen molar-refractivity contribution in [2.24, 2.45) is 0 Å². The summed E-state index contributed by atoms with van der Waals surface area (Å²) in [6.45, 7) is 7.68. The largest absolute Gasteiger partial charge is 0.399 e. The van der Waals surface area contributed by atoms with Gasteiger partial charge in [-0.2, -0.15) is 0 Å². The third-order valence-corrected chi connectivity index (χ3v) is 5.07. The van der Waals surface area contributed by atoms with Crippen molar-refractivity contribution in [1.82, 2.24) is 4.90 Å². The molecule has 0 aromatic heterocycles. The number of rotatable bonds is 4. The predicted octanol–water partition coefficient (Wildman–Crippen LogP) is 1.41. The molecule has 1 aliphatic heterocycles. The summed E-state index contributed by atoms with van der Waals surface area (Å²) >= 11 is 0. The molecule has 0 bridgehead atoms. The number of anilines is 1. The predicted molar refractivity (Wildman–Crippen MR) is 78.7 cm³/mol. The second-order valence-corrected chi connectivity index (χ2v) is 6.39. The number of nitrogens with zero attached hydrogens (tertiary/aromatic N) is 1. The Kier molecular flexibility index (Phi) is 4.96. The maximum absolute atomic E-state index is 12.4. The molecule has 19 heavy (non-hydrogen) atoms. The first-order valence-corrected chi connectivity index (χ1v) is 8.00. The molecule has 0 radical (unpaired) electrons. The van der Waals surface area contributed by atoms with Crippen LogP contribution in [0.15, 0.2) is 23.1 Å². The number of ether oxygens (including phenoxy) is 1. The first-order chi connectivity index (χ1) is 9.10. The molecule has 0 amide bonds. The molecule has 1 aromatic carbocycles. The number of aryl methyl sites for hydroxylation is 1. The Labute approximate surface area is 117 Å². The van der Waals surface area contributed by atoms with Gasteiger partial charge >= 0.3 is 0 Å². The number of likely N-dealkylation sites (N-methyl/N-ethyl adjacent to an activating group) is 1. The number of nitrogens with two attached hydrogens (primary N) is 1. The Morgan fingerprint density at radius 2 is 2.32 bits per heavy atom. The molecule has 106 valence electrons. The van der Waals surface area contributed by atoms with Crippen LogP contribution in [0.2, 0.25) is 0 Å². The highest BCUT2D eigenvalue weighted by molar-refractivity contribution is 7.85. The van der Waals surface area contributed by atoms with E-state index in [4.69, 9.17) is 10.5 Å². The fraction of sp³-hybridized carbons (Fsp3) is 0.571. The van der Waals surface area contributed by atoms with Crippen molar-refractivity contribution in [3.63, 3.8) is 0 Å². The summed E-state index contributed by atoms with van der Waals surface area (Å²) in [5.41, 5.74) is 7.45. The second-order valence-electron chi connectivity index (χ2n) is 4.92. The van der Waals surface area contributed by atoms with Crippen molar-refractivity contribution in [1.29, 1.82) is 0 Å². The van der Waals surface area contributed by atoms with Gasteiger partial charge in [-0.1, -0.05) is 13.0 Å². The van der Waals surface area contributed by atoms with Gasteiger partial charge in [0.15, 0.2) is 0 Å². The summed E-state index contributed by atoms with van der Waals surface area (Å²) < 4.78 is 18.1. The van der Waals surface area contributed by atoms with Gasteiger partial charge in [-0.05, 0) is 31.2 Å². The van der Waals surface area contributed by atoms with Crippen LogP contribution in [0.3, 0.4) is 0 Å². The van der Waals surface area contributed by atoms with Crippen molar-refractivity contribution >= 4 is 16.5 Å². The minimum absolute atomic E-state index is 0.0513. The molecule has 4 nitrogen and oxygen atoms in total. The molecule has 1 heterocycles. The van der Waals surface area contributed by atoms with E-state index in [9.17, 15) is 4.21 Å². The Bertz CT molecular complexity index is 465. The highest BCUT2D eigenvalue weighted by Crippen LogP contribution is 2.18. The molecule has 1 aliphatic rings. The summed E-state index contributed by atoms with van der Waals surface area (Å²) in [4.78, 5) is 3.16. The molecule has 1 saturated heterocycles. The third-order valence-electron chi connectivity index (χ3n) is 3.46. The highest BCUT2D eigenvalue weighted by atomic mass is 32.2. The van der Waals surface area contributed by atoms with Gasteiger partial charge in [-0.3, -0.25) is 9.11 Å². The monoisotopic (exact) mass is 282 g/mol. The summed E-state index contributed by atoms with van der Waals surface area (Å²) in [6.07, 6.45) is 0.0513. The first kappa shape index (κ1) is 14.5. The van der Waals surface area contributed by atoms with Gasteiger partial charge in [0.25, 0.3) is 0 Å². The third kappa shape index (κ3) is 3.78. The first-order valence-electron chi connectivity index (χ1n) is 6.68. The van der Waals surface area contributed by atoms with Gasteiger partial charge in [-0.15, -0.1) is 0 Å². The van der Waals surface area contributed by atoms with E-state index in [1.165, 1.54) is 0 Å². The van der Waals surface area contributed by atoms with Gasteiger partial charge in [-0.25, -0.2) is 0 Å². The Balaban J connectivity index is 2.02. The lowest BCUT2D eigenvalue weighted by Crippen LogP contribution is -2.44. The van der Waals surface area contributed by atoms with Crippen LogP contribution in [0.5, 0.6) is 0 Å². The Morgan fingerprint density at radius 1 is 1.53 bits per heavy atom. The molecule has 0 aliphatic carbocycles. The molecule has 2 unspecified atom stereocenters. The number of hydrogen-bond donors (Lipinski definition) is 1. The summed E-state index contributed by atoms with van der Waals surface area (Å²) in [7, 11) is -1.05. The van der Waals surface area contributed by atoms with Crippen molar-refractivity contribution in [2.75, 3.05) is 37.7 Å². The quantitative estimate of drug-likeness (QED) is 0.848. The van der Waals surface area contributed by atoms with Crippen molar-refractivity contribution in [2.45, 2.75) is 24.8 Å². The van der Waals surface area contributed by atoms with Gasteiger partial charge < -0.3 is 10.5 Å². The zero-order valence-electron chi connectivity index (χ0n) is 11.6.